The normalized spacial score (nSPS) is 17.6. The van der Waals surface area contributed by atoms with Crippen molar-refractivity contribution in [2.45, 2.75) is 79.1 Å². The smallest absolute Gasteiger partial charge is 0.120 e. The van der Waals surface area contributed by atoms with Crippen molar-refractivity contribution in [1.82, 2.24) is 9.80 Å². The predicted molar refractivity (Wildman–Crippen MR) is 114 cm³/mol. The fraction of sp³-hybridized carbons (Fsp3) is 0.909. The zero-order valence-corrected chi connectivity index (χ0v) is 18.9. The number of carbonyl (C=O) groups excluding carboxylic acids is 2. The van der Waals surface area contributed by atoms with E-state index in [9.17, 15) is 9.59 Å². The maximum absolute atomic E-state index is 10.3. The van der Waals surface area contributed by atoms with Gasteiger partial charge in [0, 0.05) is 19.4 Å². The standard InChI is InChI=1S/2C9H17NO.2C2H6/c1-10(2)7-5-9(3-4-9)6-8-11;1-10(2)8-9(5-6-9)4-3-7-11;2*1-2/h8H,3-7H2,1-2H3;7H,3-6,8H2,1-2H3;2*1-2H3. The summed E-state index contributed by atoms with van der Waals surface area (Å²) in [5.41, 5.74) is 0.941. The number of aldehydes is 2. The fourth-order valence-corrected chi connectivity index (χ4v) is 3.07. The largest absolute Gasteiger partial charge is 0.309 e. The molecule has 2 saturated carbocycles. The summed E-state index contributed by atoms with van der Waals surface area (Å²) in [6, 6.07) is 0. The summed E-state index contributed by atoms with van der Waals surface area (Å²) in [5.74, 6) is 0. The van der Waals surface area contributed by atoms with Crippen LogP contribution in [0.1, 0.15) is 79.1 Å². The number of hydrogen-bond acceptors (Lipinski definition) is 4. The molecule has 0 unspecified atom stereocenters. The topological polar surface area (TPSA) is 40.6 Å². The van der Waals surface area contributed by atoms with Crippen LogP contribution in [0.2, 0.25) is 0 Å². The molecule has 0 radical (unpaired) electrons. The molecule has 4 nitrogen and oxygen atoms in total. The van der Waals surface area contributed by atoms with Crippen molar-refractivity contribution < 1.29 is 9.59 Å². The Morgan fingerprint density at radius 3 is 1.54 bits per heavy atom. The Morgan fingerprint density at radius 2 is 1.23 bits per heavy atom. The zero-order valence-electron chi connectivity index (χ0n) is 18.9. The van der Waals surface area contributed by atoms with Gasteiger partial charge in [0.2, 0.25) is 0 Å². The van der Waals surface area contributed by atoms with E-state index in [0.29, 0.717) is 10.8 Å². The first-order valence-electron chi connectivity index (χ1n) is 10.5. The minimum Gasteiger partial charge on any atom is -0.309 e. The maximum atomic E-state index is 10.3. The van der Waals surface area contributed by atoms with Gasteiger partial charge in [-0.3, -0.25) is 0 Å². The molecule has 0 N–H and O–H groups in total. The summed E-state index contributed by atoms with van der Waals surface area (Å²) in [5, 5.41) is 0. The number of carbonyl (C=O) groups is 2. The Bertz CT molecular complexity index is 346. The maximum Gasteiger partial charge on any atom is 0.120 e. The van der Waals surface area contributed by atoms with Crippen LogP contribution >= 0.6 is 0 Å². The molecule has 156 valence electrons. The SMILES string of the molecule is CC.CC.CN(C)CC1(CCC=O)CC1.CN(C)CCC1(CC=O)CC1. The second kappa shape index (κ2) is 15.3. The van der Waals surface area contributed by atoms with Gasteiger partial charge in [-0.2, -0.15) is 0 Å². The molecule has 0 heterocycles. The minimum absolute atomic E-state index is 0.423. The number of nitrogens with zero attached hydrogens (tertiary/aromatic N) is 2. The first kappa shape index (κ1) is 27.5. The quantitative estimate of drug-likeness (QED) is 0.524. The lowest BCUT2D eigenvalue weighted by Gasteiger charge is -2.18. The Balaban J connectivity index is 0. The van der Waals surface area contributed by atoms with Crippen LogP contribution in [0.5, 0.6) is 0 Å². The van der Waals surface area contributed by atoms with Gasteiger partial charge in [-0.1, -0.05) is 27.7 Å². The monoisotopic (exact) mass is 370 g/mol. The molecule has 2 fully saturated rings. The average molecular weight is 371 g/mol. The van der Waals surface area contributed by atoms with E-state index in [1.165, 1.54) is 32.1 Å². The van der Waals surface area contributed by atoms with E-state index < -0.39 is 0 Å². The second-order valence-corrected chi connectivity index (χ2v) is 7.87. The highest BCUT2D eigenvalue weighted by Crippen LogP contribution is 2.51. The summed E-state index contributed by atoms with van der Waals surface area (Å²) in [7, 11) is 8.36. The zero-order chi connectivity index (χ0) is 20.6. The Labute approximate surface area is 163 Å². The lowest BCUT2D eigenvalue weighted by atomic mass is 9.99. The summed E-state index contributed by atoms with van der Waals surface area (Å²) in [6.45, 7) is 10.3. The van der Waals surface area contributed by atoms with Crippen LogP contribution in [0, 0.1) is 10.8 Å². The Morgan fingerprint density at radius 1 is 0.731 bits per heavy atom. The van der Waals surface area contributed by atoms with E-state index in [4.69, 9.17) is 0 Å². The third kappa shape index (κ3) is 13.5. The summed E-state index contributed by atoms with van der Waals surface area (Å²) >= 11 is 0. The average Bonchev–Trinajstić information content (AvgIpc) is 3.54. The molecule has 26 heavy (non-hydrogen) atoms. The molecule has 0 spiro atoms. The summed E-state index contributed by atoms with van der Waals surface area (Å²) < 4.78 is 0. The molecule has 0 aromatic heterocycles. The molecule has 0 aromatic rings. The highest BCUT2D eigenvalue weighted by Gasteiger charge is 2.42. The molecule has 2 aliphatic carbocycles. The molecule has 0 saturated heterocycles. The number of rotatable bonds is 10. The van der Waals surface area contributed by atoms with Crippen molar-refractivity contribution in [1.29, 1.82) is 0 Å². The van der Waals surface area contributed by atoms with Crippen molar-refractivity contribution >= 4 is 12.6 Å². The molecular weight excluding hydrogens is 324 g/mol. The van der Waals surface area contributed by atoms with Crippen LogP contribution < -0.4 is 0 Å². The molecule has 0 amide bonds. The van der Waals surface area contributed by atoms with E-state index in [1.807, 2.05) is 27.7 Å². The minimum atomic E-state index is 0.423. The first-order chi connectivity index (χ1) is 12.4. The van der Waals surface area contributed by atoms with Crippen molar-refractivity contribution in [2.24, 2.45) is 10.8 Å². The van der Waals surface area contributed by atoms with Crippen LogP contribution in [0.4, 0.5) is 0 Å². The van der Waals surface area contributed by atoms with Gasteiger partial charge in [0.05, 0.1) is 0 Å². The second-order valence-electron chi connectivity index (χ2n) is 7.87. The summed E-state index contributed by atoms with van der Waals surface area (Å²) in [6.07, 6.45) is 11.1. The first-order valence-corrected chi connectivity index (χ1v) is 10.5. The van der Waals surface area contributed by atoms with Crippen molar-refractivity contribution in [3.05, 3.63) is 0 Å². The van der Waals surface area contributed by atoms with E-state index in [2.05, 4.69) is 38.0 Å². The van der Waals surface area contributed by atoms with Crippen LogP contribution in [0.3, 0.4) is 0 Å². The van der Waals surface area contributed by atoms with Crippen LogP contribution in [0.15, 0.2) is 0 Å². The van der Waals surface area contributed by atoms with Gasteiger partial charge < -0.3 is 19.4 Å². The molecule has 4 heteroatoms. The Kier molecular flexibility index (Phi) is 16.2. The van der Waals surface area contributed by atoms with Gasteiger partial charge >= 0.3 is 0 Å². The van der Waals surface area contributed by atoms with E-state index in [0.717, 1.165) is 44.9 Å². The van der Waals surface area contributed by atoms with Crippen LogP contribution in [0.25, 0.3) is 0 Å². The van der Waals surface area contributed by atoms with Gasteiger partial charge in [-0.15, -0.1) is 0 Å². The molecule has 2 rings (SSSR count). The summed E-state index contributed by atoms with van der Waals surface area (Å²) in [4.78, 5) is 24.8. The van der Waals surface area contributed by atoms with E-state index in [1.54, 1.807) is 0 Å². The van der Waals surface area contributed by atoms with Crippen molar-refractivity contribution in [3.8, 4) is 0 Å². The van der Waals surface area contributed by atoms with E-state index >= 15 is 0 Å². The molecule has 0 aromatic carbocycles. The Hall–Kier alpha value is -0.740. The van der Waals surface area contributed by atoms with Gasteiger partial charge in [0.1, 0.15) is 12.6 Å². The van der Waals surface area contributed by atoms with Crippen molar-refractivity contribution in [3.63, 3.8) is 0 Å². The predicted octanol–water partition coefficient (Wildman–Crippen LogP) is 4.67. The third-order valence-electron chi connectivity index (χ3n) is 4.96. The van der Waals surface area contributed by atoms with Gasteiger partial charge in [0.25, 0.3) is 0 Å². The molecule has 0 bridgehead atoms. The molecule has 0 aliphatic heterocycles. The van der Waals surface area contributed by atoms with Crippen LogP contribution in [-0.4, -0.2) is 63.7 Å². The molecular formula is C22H46N2O2. The molecule has 0 atom stereocenters. The highest BCUT2D eigenvalue weighted by molar-refractivity contribution is 5.51. The lowest BCUT2D eigenvalue weighted by molar-refractivity contribution is -0.109. The third-order valence-corrected chi connectivity index (χ3v) is 4.96. The van der Waals surface area contributed by atoms with E-state index in [-0.39, 0.29) is 0 Å². The van der Waals surface area contributed by atoms with Crippen LogP contribution in [-0.2, 0) is 9.59 Å². The van der Waals surface area contributed by atoms with Gasteiger partial charge in [-0.05, 0) is 84.1 Å². The lowest BCUT2D eigenvalue weighted by Crippen LogP contribution is -2.22. The highest BCUT2D eigenvalue weighted by atomic mass is 16.1. The van der Waals surface area contributed by atoms with Crippen molar-refractivity contribution in [2.75, 3.05) is 41.3 Å². The van der Waals surface area contributed by atoms with Gasteiger partial charge in [-0.25, -0.2) is 0 Å². The molecule has 2 aliphatic rings. The fourth-order valence-electron chi connectivity index (χ4n) is 3.07. The number of hydrogen-bond donors (Lipinski definition) is 0. The van der Waals surface area contributed by atoms with Gasteiger partial charge in [0.15, 0.2) is 0 Å².